The molecule has 0 bridgehead atoms. The zero-order valence-electron chi connectivity index (χ0n) is 16.3. The van der Waals surface area contributed by atoms with Crippen LogP contribution in [0.4, 0.5) is 18.3 Å². The number of nitrogens with zero attached hydrogens (tertiary/aromatic N) is 2. The van der Waals surface area contributed by atoms with Gasteiger partial charge in [-0.3, -0.25) is 15.0 Å². The van der Waals surface area contributed by atoms with Crippen molar-refractivity contribution < 1.29 is 23.1 Å². The average Bonchev–Trinajstić information content (AvgIpc) is 3.12. The number of alkyl halides is 3. The average molecular weight is 470 g/mol. The molecule has 31 heavy (non-hydrogen) atoms. The summed E-state index contributed by atoms with van der Waals surface area (Å²) in [6, 6.07) is 6.21. The van der Waals surface area contributed by atoms with E-state index in [2.05, 4.69) is 15.2 Å². The molecule has 1 amide bonds. The van der Waals surface area contributed by atoms with Crippen molar-refractivity contribution in [1.29, 1.82) is 0 Å². The summed E-state index contributed by atoms with van der Waals surface area (Å²) in [5.41, 5.74) is 0.110. The SMILES string of the molecule is O=C(Nc1nc2ccc(C(F)(F)F)cc2s1)c1cc(Cl)cc(CN2CCCCC2)c1O. The third-order valence-electron chi connectivity index (χ3n) is 5.18. The number of carbonyl (C=O) groups is 1. The number of anilines is 1. The van der Waals surface area contributed by atoms with Gasteiger partial charge in [0.2, 0.25) is 0 Å². The Morgan fingerprint density at radius 1 is 1.19 bits per heavy atom. The number of fused-ring (bicyclic) bond motifs is 1. The van der Waals surface area contributed by atoms with Crippen molar-refractivity contribution in [3.05, 3.63) is 52.0 Å². The fourth-order valence-corrected chi connectivity index (χ4v) is 4.77. The van der Waals surface area contributed by atoms with Crippen molar-refractivity contribution in [2.75, 3.05) is 18.4 Å². The van der Waals surface area contributed by atoms with Crippen molar-refractivity contribution in [3.8, 4) is 5.75 Å². The number of aromatic nitrogens is 1. The number of halogens is 4. The third-order valence-corrected chi connectivity index (χ3v) is 6.33. The zero-order valence-corrected chi connectivity index (χ0v) is 17.9. The molecule has 2 N–H and O–H groups in total. The molecule has 1 aliphatic heterocycles. The number of rotatable bonds is 4. The summed E-state index contributed by atoms with van der Waals surface area (Å²) in [4.78, 5) is 19.1. The molecule has 164 valence electrons. The van der Waals surface area contributed by atoms with Crippen molar-refractivity contribution in [1.82, 2.24) is 9.88 Å². The molecular weight excluding hydrogens is 451 g/mol. The minimum atomic E-state index is -4.46. The van der Waals surface area contributed by atoms with E-state index in [0.717, 1.165) is 49.4 Å². The van der Waals surface area contributed by atoms with E-state index in [0.29, 0.717) is 27.3 Å². The van der Waals surface area contributed by atoms with Gasteiger partial charge < -0.3 is 5.11 Å². The van der Waals surface area contributed by atoms with Crippen LogP contribution >= 0.6 is 22.9 Å². The van der Waals surface area contributed by atoms with Gasteiger partial charge in [-0.1, -0.05) is 29.4 Å². The molecule has 0 aliphatic carbocycles. The zero-order chi connectivity index (χ0) is 22.2. The number of amides is 1. The van der Waals surface area contributed by atoms with Gasteiger partial charge in [-0.15, -0.1) is 0 Å². The van der Waals surface area contributed by atoms with Crippen LogP contribution in [0.5, 0.6) is 5.75 Å². The van der Waals surface area contributed by atoms with Gasteiger partial charge in [0.05, 0.1) is 21.3 Å². The van der Waals surface area contributed by atoms with Crippen LogP contribution in [0.1, 0.15) is 40.7 Å². The largest absolute Gasteiger partial charge is 0.507 e. The van der Waals surface area contributed by atoms with Gasteiger partial charge in [-0.05, 0) is 56.3 Å². The summed E-state index contributed by atoms with van der Waals surface area (Å²) in [5.74, 6) is -0.789. The first kappa shape index (κ1) is 21.9. The summed E-state index contributed by atoms with van der Waals surface area (Å²) >= 11 is 7.11. The maximum absolute atomic E-state index is 12.9. The Balaban J connectivity index is 1.56. The molecule has 1 aromatic heterocycles. The van der Waals surface area contributed by atoms with E-state index < -0.39 is 17.6 Å². The van der Waals surface area contributed by atoms with Gasteiger partial charge in [0, 0.05) is 17.1 Å². The van der Waals surface area contributed by atoms with Gasteiger partial charge in [-0.2, -0.15) is 13.2 Å². The summed E-state index contributed by atoms with van der Waals surface area (Å²) in [5, 5.41) is 13.7. The van der Waals surface area contributed by atoms with Crippen LogP contribution in [-0.2, 0) is 12.7 Å². The molecule has 0 atom stereocenters. The lowest BCUT2D eigenvalue weighted by atomic mass is 10.1. The molecule has 1 fully saturated rings. The Bertz CT molecular complexity index is 1130. The molecule has 4 rings (SSSR count). The number of carbonyl (C=O) groups excluding carboxylic acids is 1. The third kappa shape index (κ3) is 4.94. The Hall–Kier alpha value is -2.36. The van der Waals surface area contributed by atoms with Crippen LogP contribution in [0.25, 0.3) is 10.2 Å². The van der Waals surface area contributed by atoms with Crippen molar-refractivity contribution >= 4 is 44.2 Å². The van der Waals surface area contributed by atoms with E-state index in [1.165, 1.54) is 18.6 Å². The van der Waals surface area contributed by atoms with E-state index in [1.807, 2.05) is 0 Å². The Morgan fingerprint density at radius 2 is 1.94 bits per heavy atom. The predicted octanol–water partition coefficient (Wildman–Crippen LogP) is 5.91. The van der Waals surface area contributed by atoms with Gasteiger partial charge in [0.25, 0.3) is 5.91 Å². The standard InChI is InChI=1S/C21H19ClF3N3O2S/c22-14-8-12(11-28-6-2-1-3-7-28)18(29)15(10-14)19(30)27-20-26-16-5-4-13(21(23,24)25)9-17(16)31-20/h4-5,8-10,29H,1-3,6-7,11H2,(H,26,27,30). The second-order valence-corrected chi connectivity index (χ2v) is 8.92. The number of hydrogen-bond acceptors (Lipinski definition) is 5. The lowest BCUT2D eigenvalue weighted by Gasteiger charge is -2.27. The number of nitrogens with one attached hydrogen (secondary N) is 1. The highest BCUT2D eigenvalue weighted by atomic mass is 35.5. The number of likely N-dealkylation sites (tertiary alicyclic amines) is 1. The lowest BCUT2D eigenvalue weighted by molar-refractivity contribution is -0.137. The lowest BCUT2D eigenvalue weighted by Crippen LogP contribution is -2.29. The molecule has 1 aliphatic rings. The molecule has 2 aromatic carbocycles. The van der Waals surface area contributed by atoms with Crippen molar-refractivity contribution in [2.24, 2.45) is 0 Å². The smallest absolute Gasteiger partial charge is 0.416 e. The molecule has 1 saturated heterocycles. The molecule has 5 nitrogen and oxygen atoms in total. The van der Waals surface area contributed by atoms with E-state index in [9.17, 15) is 23.1 Å². The minimum Gasteiger partial charge on any atom is -0.507 e. The Labute approximate surface area is 185 Å². The molecule has 3 aromatic rings. The predicted molar refractivity (Wildman–Crippen MR) is 115 cm³/mol. The normalized spacial score (nSPS) is 15.4. The molecule has 0 radical (unpaired) electrons. The van der Waals surface area contributed by atoms with Gasteiger partial charge >= 0.3 is 6.18 Å². The van der Waals surface area contributed by atoms with Crippen LogP contribution < -0.4 is 5.32 Å². The summed E-state index contributed by atoms with van der Waals surface area (Å²) in [6.45, 7) is 2.31. The van der Waals surface area contributed by atoms with Gasteiger partial charge in [-0.25, -0.2) is 4.98 Å². The first-order chi connectivity index (χ1) is 14.7. The number of thiazole rings is 1. The van der Waals surface area contributed by atoms with E-state index in [-0.39, 0.29) is 16.4 Å². The second kappa shape index (κ2) is 8.64. The van der Waals surface area contributed by atoms with Crippen LogP contribution in [-0.4, -0.2) is 34.0 Å². The highest BCUT2D eigenvalue weighted by molar-refractivity contribution is 7.22. The number of piperidine rings is 1. The molecule has 2 heterocycles. The maximum atomic E-state index is 12.9. The number of benzene rings is 2. The van der Waals surface area contributed by atoms with Gasteiger partial charge in [0.15, 0.2) is 5.13 Å². The van der Waals surface area contributed by atoms with Crippen LogP contribution in [0.15, 0.2) is 30.3 Å². The number of phenols is 1. The topological polar surface area (TPSA) is 65.5 Å². The highest BCUT2D eigenvalue weighted by Gasteiger charge is 2.31. The van der Waals surface area contributed by atoms with Crippen LogP contribution in [0.2, 0.25) is 5.02 Å². The molecule has 0 saturated carbocycles. The number of aromatic hydroxyl groups is 1. The van der Waals surface area contributed by atoms with Crippen molar-refractivity contribution in [3.63, 3.8) is 0 Å². The number of hydrogen-bond donors (Lipinski definition) is 2. The molecule has 0 unspecified atom stereocenters. The molecule has 10 heteroatoms. The fourth-order valence-electron chi connectivity index (χ4n) is 3.63. The van der Waals surface area contributed by atoms with E-state index in [4.69, 9.17) is 11.6 Å². The molecular formula is C21H19ClF3N3O2S. The summed E-state index contributed by atoms with van der Waals surface area (Å²) in [6.07, 6.45) is -1.11. The number of phenolic OH excluding ortho intramolecular Hbond substituents is 1. The summed E-state index contributed by atoms with van der Waals surface area (Å²) in [7, 11) is 0. The second-order valence-electron chi connectivity index (χ2n) is 7.45. The highest BCUT2D eigenvalue weighted by Crippen LogP contribution is 2.35. The fraction of sp³-hybridized carbons (Fsp3) is 0.333. The molecule has 0 spiro atoms. The van der Waals surface area contributed by atoms with Gasteiger partial charge in [0.1, 0.15) is 5.75 Å². The first-order valence-electron chi connectivity index (χ1n) is 9.73. The van der Waals surface area contributed by atoms with E-state index in [1.54, 1.807) is 6.07 Å². The quantitative estimate of drug-likeness (QED) is 0.498. The monoisotopic (exact) mass is 469 g/mol. The van der Waals surface area contributed by atoms with E-state index >= 15 is 0 Å². The Morgan fingerprint density at radius 3 is 2.65 bits per heavy atom. The maximum Gasteiger partial charge on any atom is 0.416 e. The Kier molecular flexibility index (Phi) is 6.09. The minimum absolute atomic E-state index is 0.00486. The van der Waals surface area contributed by atoms with Crippen molar-refractivity contribution in [2.45, 2.75) is 32.0 Å². The van der Waals surface area contributed by atoms with Crippen LogP contribution in [0, 0.1) is 0 Å². The summed E-state index contributed by atoms with van der Waals surface area (Å²) < 4.78 is 39.0. The van der Waals surface area contributed by atoms with Crippen LogP contribution in [0.3, 0.4) is 0 Å². The first-order valence-corrected chi connectivity index (χ1v) is 10.9.